The number of aromatic amines is 1. The number of hydrogen-bond acceptors (Lipinski definition) is 5. The standard InChI is InChI=1S/C14H11N3O2S2/c18-12(10-3-1-5-15-14(10)20)16-7-9-8-19-13(17-9)11-4-2-6-21-11/h1-6,8H,7H2,(H,15,20)(H,16,18). The summed E-state index contributed by atoms with van der Waals surface area (Å²) in [5, 5.41) is 4.73. The van der Waals surface area contributed by atoms with E-state index in [1.165, 1.54) is 0 Å². The lowest BCUT2D eigenvalue weighted by Crippen LogP contribution is -2.23. The molecular formula is C14H11N3O2S2. The summed E-state index contributed by atoms with van der Waals surface area (Å²) in [5.74, 6) is 0.323. The van der Waals surface area contributed by atoms with Crippen molar-refractivity contribution >= 4 is 29.5 Å². The Balaban J connectivity index is 1.67. The summed E-state index contributed by atoms with van der Waals surface area (Å²) in [6, 6.07) is 7.27. The first kappa shape index (κ1) is 13.7. The Morgan fingerprint density at radius 2 is 2.33 bits per heavy atom. The van der Waals surface area contributed by atoms with Gasteiger partial charge in [-0.05, 0) is 23.6 Å². The molecule has 0 aliphatic rings. The van der Waals surface area contributed by atoms with Crippen molar-refractivity contribution in [2.45, 2.75) is 6.54 Å². The lowest BCUT2D eigenvalue weighted by molar-refractivity contribution is 0.0949. The highest BCUT2D eigenvalue weighted by atomic mass is 32.1. The van der Waals surface area contributed by atoms with Crippen LogP contribution in [0.25, 0.3) is 10.8 Å². The van der Waals surface area contributed by atoms with E-state index in [4.69, 9.17) is 16.6 Å². The molecule has 0 bridgehead atoms. The summed E-state index contributed by atoms with van der Waals surface area (Å²) in [6.45, 7) is 0.289. The van der Waals surface area contributed by atoms with Gasteiger partial charge in [0.25, 0.3) is 5.91 Å². The molecule has 0 saturated heterocycles. The van der Waals surface area contributed by atoms with Gasteiger partial charge in [0.2, 0.25) is 5.89 Å². The number of H-pyrrole nitrogens is 1. The maximum Gasteiger partial charge on any atom is 0.254 e. The van der Waals surface area contributed by atoms with Gasteiger partial charge in [0.05, 0.1) is 22.7 Å². The smallest absolute Gasteiger partial charge is 0.254 e. The van der Waals surface area contributed by atoms with E-state index in [0.29, 0.717) is 21.8 Å². The maximum absolute atomic E-state index is 12.0. The molecule has 0 fully saturated rings. The Hall–Kier alpha value is -2.25. The summed E-state index contributed by atoms with van der Waals surface area (Å²) in [6.07, 6.45) is 3.23. The van der Waals surface area contributed by atoms with Gasteiger partial charge in [-0.25, -0.2) is 4.98 Å². The lowest BCUT2D eigenvalue weighted by Gasteiger charge is -2.02. The van der Waals surface area contributed by atoms with E-state index in [1.807, 2.05) is 17.5 Å². The van der Waals surface area contributed by atoms with E-state index >= 15 is 0 Å². The number of thiophene rings is 1. The summed E-state index contributed by atoms with van der Waals surface area (Å²) >= 11 is 6.62. The molecule has 2 N–H and O–H groups in total. The Morgan fingerprint density at radius 1 is 1.43 bits per heavy atom. The number of carbonyl (C=O) groups is 1. The fraction of sp³-hybridized carbons (Fsp3) is 0.0714. The van der Waals surface area contributed by atoms with Gasteiger partial charge >= 0.3 is 0 Å². The first-order chi connectivity index (χ1) is 10.2. The molecule has 0 radical (unpaired) electrons. The van der Waals surface area contributed by atoms with E-state index in [1.54, 1.807) is 35.9 Å². The second-order valence-corrected chi connectivity index (χ2v) is 5.57. The molecule has 0 spiro atoms. The van der Waals surface area contributed by atoms with Crippen LogP contribution in [0.5, 0.6) is 0 Å². The van der Waals surface area contributed by atoms with Crippen molar-refractivity contribution in [3.05, 3.63) is 58.0 Å². The van der Waals surface area contributed by atoms with Gasteiger partial charge in [-0.3, -0.25) is 4.79 Å². The third kappa shape index (κ3) is 3.09. The van der Waals surface area contributed by atoms with Crippen LogP contribution in [-0.4, -0.2) is 15.9 Å². The van der Waals surface area contributed by atoms with Crippen molar-refractivity contribution in [1.29, 1.82) is 0 Å². The molecule has 7 heteroatoms. The lowest BCUT2D eigenvalue weighted by atomic mass is 10.2. The summed E-state index contributed by atoms with van der Waals surface area (Å²) < 4.78 is 5.80. The molecule has 21 heavy (non-hydrogen) atoms. The zero-order valence-corrected chi connectivity index (χ0v) is 12.5. The SMILES string of the molecule is O=C(NCc1coc(-c2cccs2)n1)c1ccc[nH]c1=S. The van der Waals surface area contributed by atoms with E-state index in [-0.39, 0.29) is 12.5 Å². The third-order valence-corrected chi connectivity index (χ3v) is 3.97. The highest BCUT2D eigenvalue weighted by Crippen LogP contribution is 2.23. The van der Waals surface area contributed by atoms with Crippen molar-refractivity contribution in [3.63, 3.8) is 0 Å². The Labute approximate surface area is 129 Å². The van der Waals surface area contributed by atoms with Crippen LogP contribution in [0.15, 0.2) is 46.5 Å². The number of amides is 1. The topological polar surface area (TPSA) is 70.9 Å². The van der Waals surface area contributed by atoms with Crippen LogP contribution >= 0.6 is 23.6 Å². The molecule has 5 nitrogen and oxygen atoms in total. The third-order valence-electron chi connectivity index (χ3n) is 2.78. The predicted octanol–water partition coefficient (Wildman–Crippen LogP) is 3.39. The maximum atomic E-state index is 12.0. The Kier molecular flexibility index (Phi) is 3.94. The van der Waals surface area contributed by atoms with Crippen LogP contribution < -0.4 is 5.32 Å². The molecule has 3 rings (SSSR count). The van der Waals surface area contributed by atoms with Crippen LogP contribution in [0.2, 0.25) is 0 Å². The van der Waals surface area contributed by atoms with Crippen molar-refractivity contribution in [1.82, 2.24) is 15.3 Å². The van der Waals surface area contributed by atoms with Crippen molar-refractivity contribution < 1.29 is 9.21 Å². The molecule has 1 amide bonds. The monoisotopic (exact) mass is 317 g/mol. The summed E-state index contributed by atoms with van der Waals surface area (Å²) in [5.41, 5.74) is 1.10. The van der Waals surface area contributed by atoms with Gasteiger partial charge in [0, 0.05) is 6.20 Å². The number of pyridine rings is 1. The van der Waals surface area contributed by atoms with Gasteiger partial charge in [-0.2, -0.15) is 0 Å². The number of rotatable bonds is 4. The molecule has 3 heterocycles. The second kappa shape index (κ2) is 6.02. The molecule has 106 valence electrons. The molecule has 0 aliphatic heterocycles. The largest absolute Gasteiger partial charge is 0.443 e. The first-order valence-corrected chi connectivity index (χ1v) is 7.47. The quantitative estimate of drug-likeness (QED) is 0.724. The minimum atomic E-state index is -0.238. The van der Waals surface area contributed by atoms with Crippen molar-refractivity contribution in [2.75, 3.05) is 0 Å². The molecule has 3 aromatic rings. The van der Waals surface area contributed by atoms with Crippen LogP contribution in [0.3, 0.4) is 0 Å². The first-order valence-electron chi connectivity index (χ1n) is 6.18. The van der Waals surface area contributed by atoms with Crippen LogP contribution in [-0.2, 0) is 6.54 Å². The average Bonchev–Trinajstić information content (AvgIpc) is 3.16. The van der Waals surface area contributed by atoms with E-state index in [2.05, 4.69) is 15.3 Å². The highest BCUT2D eigenvalue weighted by molar-refractivity contribution is 7.71. The fourth-order valence-corrected chi connectivity index (χ4v) is 2.65. The molecular weight excluding hydrogens is 306 g/mol. The van der Waals surface area contributed by atoms with Crippen molar-refractivity contribution in [3.8, 4) is 10.8 Å². The summed E-state index contributed by atoms with van der Waals surface area (Å²) in [7, 11) is 0. The average molecular weight is 317 g/mol. The number of nitrogens with one attached hydrogen (secondary N) is 2. The zero-order valence-electron chi connectivity index (χ0n) is 10.8. The van der Waals surface area contributed by atoms with Gasteiger partial charge in [-0.15, -0.1) is 11.3 Å². The van der Waals surface area contributed by atoms with Crippen LogP contribution in [0, 0.1) is 4.64 Å². The van der Waals surface area contributed by atoms with Gasteiger partial charge in [0.15, 0.2) is 0 Å². The highest BCUT2D eigenvalue weighted by Gasteiger charge is 2.10. The zero-order chi connectivity index (χ0) is 14.7. The Morgan fingerprint density at radius 3 is 3.10 bits per heavy atom. The van der Waals surface area contributed by atoms with Gasteiger partial charge in [0.1, 0.15) is 10.9 Å². The number of oxazole rings is 1. The Bertz CT molecular complexity index is 806. The minimum Gasteiger partial charge on any atom is -0.443 e. The van der Waals surface area contributed by atoms with Crippen LogP contribution in [0.1, 0.15) is 16.1 Å². The van der Waals surface area contributed by atoms with E-state index in [9.17, 15) is 4.79 Å². The van der Waals surface area contributed by atoms with Gasteiger partial charge < -0.3 is 14.7 Å². The number of nitrogens with zero attached hydrogens (tertiary/aromatic N) is 1. The molecule has 0 aromatic carbocycles. The number of carbonyl (C=O) groups excluding carboxylic acids is 1. The van der Waals surface area contributed by atoms with Crippen molar-refractivity contribution in [2.24, 2.45) is 0 Å². The molecule has 0 saturated carbocycles. The second-order valence-electron chi connectivity index (χ2n) is 4.22. The molecule has 3 aromatic heterocycles. The number of aromatic nitrogens is 2. The molecule has 0 aliphatic carbocycles. The van der Waals surface area contributed by atoms with E-state index in [0.717, 1.165) is 4.88 Å². The summed E-state index contributed by atoms with van der Waals surface area (Å²) in [4.78, 5) is 20.1. The van der Waals surface area contributed by atoms with E-state index < -0.39 is 0 Å². The van der Waals surface area contributed by atoms with Crippen LogP contribution in [0.4, 0.5) is 0 Å². The number of hydrogen-bond donors (Lipinski definition) is 2. The minimum absolute atomic E-state index is 0.238. The molecule has 0 unspecified atom stereocenters. The molecule has 0 atom stereocenters. The predicted molar refractivity (Wildman–Crippen MR) is 82.6 cm³/mol. The normalized spacial score (nSPS) is 10.5. The van der Waals surface area contributed by atoms with Gasteiger partial charge in [-0.1, -0.05) is 18.3 Å². The fourth-order valence-electron chi connectivity index (χ4n) is 1.77.